The number of benzene rings is 2. The zero-order valence-electron chi connectivity index (χ0n) is 15.7. The maximum absolute atomic E-state index is 13.7. The minimum atomic E-state index is -1.20. The summed E-state index contributed by atoms with van der Waals surface area (Å²) in [6, 6.07) is 9.39. The van der Waals surface area contributed by atoms with Gasteiger partial charge in [0.1, 0.15) is 18.5 Å². The van der Waals surface area contributed by atoms with E-state index < -0.39 is 40.3 Å². The van der Waals surface area contributed by atoms with Crippen LogP contribution < -0.4 is 5.73 Å². The second-order valence-corrected chi connectivity index (χ2v) is 6.74. The van der Waals surface area contributed by atoms with Gasteiger partial charge in [0.05, 0.1) is 28.7 Å². The van der Waals surface area contributed by atoms with E-state index in [9.17, 15) is 28.9 Å². The van der Waals surface area contributed by atoms with Gasteiger partial charge in [-0.05, 0) is 18.1 Å². The van der Waals surface area contributed by atoms with Crippen molar-refractivity contribution in [2.75, 3.05) is 0 Å². The van der Waals surface area contributed by atoms with Gasteiger partial charge in [-0.25, -0.2) is 4.39 Å². The number of nitrogens with two attached hydrogens (primary N) is 1. The smallest absolute Gasteiger partial charge is 0.306 e. The van der Waals surface area contributed by atoms with Gasteiger partial charge in [-0.15, -0.1) is 0 Å². The highest BCUT2D eigenvalue weighted by atomic mass is 19.1. The van der Waals surface area contributed by atoms with Crippen molar-refractivity contribution in [1.82, 2.24) is 4.90 Å². The van der Waals surface area contributed by atoms with E-state index in [1.165, 1.54) is 0 Å². The lowest BCUT2D eigenvalue weighted by Gasteiger charge is -2.24. The molecule has 2 aromatic carbocycles. The third-order valence-corrected chi connectivity index (χ3v) is 4.78. The molecule has 1 atom stereocenters. The van der Waals surface area contributed by atoms with Crippen LogP contribution in [0.1, 0.15) is 34.3 Å². The standard InChI is InChI=1S/C20H18FN3O6/c21-13-8-14-15(17(9-13)24(28)29)10-23(20(14)27)16(19(22)26)6-7-18(25)30-11-12-4-2-1-3-5-12/h1-5,8-9,16H,6-7,10-11H2,(H2,22,26)/t16-/m1/s1. The van der Waals surface area contributed by atoms with Crippen molar-refractivity contribution >= 4 is 23.5 Å². The fourth-order valence-electron chi connectivity index (χ4n) is 3.31. The number of hydrogen-bond acceptors (Lipinski definition) is 6. The number of nitro benzene ring substituents is 1. The summed E-state index contributed by atoms with van der Waals surface area (Å²) in [5.74, 6) is -3.16. The Hall–Kier alpha value is -3.82. The van der Waals surface area contributed by atoms with Crippen LogP contribution in [-0.2, 0) is 27.5 Å². The Morgan fingerprint density at radius 3 is 2.60 bits per heavy atom. The van der Waals surface area contributed by atoms with Gasteiger partial charge in [0.15, 0.2) is 0 Å². The van der Waals surface area contributed by atoms with Gasteiger partial charge < -0.3 is 15.4 Å². The number of carbonyl (C=O) groups excluding carboxylic acids is 3. The Bertz CT molecular complexity index is 1010. The lowest BCUT2D eigenvalue weighted by molar-refractivity contribution is -0.385. The van der Waals surface area contributed by atoms with E-state index in [2.05, 4.69) is 0 Å². The van der Waals surface area contributed by atoms with Crippen LogP contribution in [0, 0.1) is 15.9 Å². The Morgan fingerprint density at radius 1 is 1.27 bits per heavy atom. The molecule has 2 N–H and O–H groups in total. The normalized spacial score (nSPS) is 13.6. The van der Waals surface area contributed by atoms with E-state index in [-0.39, 0.29) is 37.1 Å². The Balaban J connectivity index is 1.68. The molecule has 0 saturated carbocycles. The maximum atomic E-state index is 13.7. The molecule has 0 bridgehead atoms. The number of esters is 1. The monoisotopic (exact) mass is 415 g/mol. The number of amides is 2. The van der Waals surface area contributed by atoms with E-state index in [1.807, 2.05) is 6.07 Å². The summed E-state index contributed by atoms with van der Waals surface area (Å²) in [4.78, 5) is 48.0. The average Bonchev–Trinajstić information content (AvgIpc) is 3.03. The second kappa shape index (κ2) is 8.68. The molecular formula is C20H18FN3O6. The summed E-state index contributed by atoms with van der Waals surface area (Å²) >= 11 is 0. The van der Waals surface area contributed by atoms with E-state index in [0.717, 1.165) is 22.6 Å². The van der Waals surface area contributed by atoms with Crippen LogP contribution in [-0.4, -0.2) is 33.6 Å². The lowest BCUT2D eigenvalue weighted by atomic mass is 10.1. The SMILES string of the molecule is NC(=O)[C@@H](CCC(=O)OCc1ccccc1)N1Cc2c(cc(F)cc2[N+](=O)[O-])C1=O. The molecule has 0 aliphatic carbocycles. The summed E-state index contributed by atoms with van der Waals surface area (Å²) in [7, 11) is 0. The summed E-state index contributed by atoms with van der Waals surface area (Å²) in [6.45, 7) is -0.224. The number of rotatable bonds is 8. The van der Waals surface area contributed by atoms with Gasteiger partial charge in [-0.3, -0.25) is 24.5 Å². The van der Waals surface area contributed by atoms with E-state index >= 15 is 0 Å². The Kier molecular flexibility index (Phi) is 6.05. The van der Waals surface area contributed by atoms with Crippen molar-refractivity contribution in [2.24, 2.45) is 5.73 Å². The first-order valence-corrected chi connectivity index (χ1v) is 9.04. The third-order valence-electron chi connectivity index (χ3n) is 4.78. The highest BCUT2D eigenvalue weighted by molar-refractivity contribution is 6.02. The maximum Gasteiger partial charge on any atom is 0.306 e. The van der Waals surface area contributed by atoms with Crippen LogP contribution in [0.2, 0.25) is 0 Å². The largest absolute Gasteiger partial charge is 0.461 e. The van der Waals surface area contributed by atoms with Crippen LogP contribution in [0.4, 0.5) is 10.1 Å². The molecule has 0 fully saturated rings. The molecule has 0 radical (unpaired) electrons. The molecule has 1 heterocycles. The highest BCUT2D eigenvalue weighted by Crippen LogP contribution is 2.33. The third kappa shape index (κ3) is 4.43. The number of ether oxygens (including phenoxy) is 1. The first kappa shape index (κ1) is 20.9. The molecule has 2 aromatic rings. The van der Waals surface area contributed by atoms with Crippen molar-refractivity contribution in [3.05, 3.63) is 75.1 Å². The number of nitrogens with zero attached hydrogens (tertiary/aromatic N) is 2. The van der Waals surface area contributed by atoms with Gasteiger partial charge >= 0.3 is 5.97 Å². The minimum Gasteiger partial charge on any atom is -0.461 e. The zero-order valence-corrected chi connectivity index (χ0v) is 15.7. The van der Waals surface area contributed by atoms with Crippen LogP contribution in [0.3, 0.4) is 0 Å². The van der Waals surface area contributed by atoms with Gasteiger partial charge in [0, 0.05) is 6.42 Å². The lowest BCUT2D eigenvalue weighted by Crippen LogP contribution is -2.45. The fraction of sp³-hybridized carbons (Fsp3) is 0.250. The van der Waals surface area contributed by atoms with Gasteiger partial charge in [0.25, 0.3) is 11.6 Å². The van der Waals surface area contributed by atoms with Crippen molar-refractivity contribution in [1.29, 1.82) is 0 Å². The molecule has 9 nitrogen and oxygen atoms in total. The topological polar surface area (TPSA) is 133 Å². The summed E-state index contributed by atoms with van der Waals surface area (Å²) in [5.41, 5.74) is 5.45. The Morgan fingerprint density at radius 2 is 1.97 bits per heavy atom. The summed E-state index contributed by atoms with van der Waals surface area (Å²) in [5, 5.41) is 11.2. The molecule has 30 heavy (non-hydrogen) atoms. The first-order chi connectivity index (χ1) is 14.3. The van der Waals surface area contributed by atoms with Crippen molar-refractivity contribution in [3.63, 3.8) is 0 Å². The predicted octanol–water partition coefficient (Wildman–Crippen LogP) is 2.07. The fourth-order valence-corrected chi connectivity index (χ4v) is 3.31. The molecule has 2 amide bonds. The summed E-state index contributed by atoms with van der Waals surface area (Å²) < 4.78 is 18.8. The van der Waals surface area contributed by atoms with Crippen LogP contribution >= 0.6 is 0 Å². The zero-order chi connectivity index (χ0) is 21.8. The van der Waals surface area contributed by atoms with E-state index in [1.54, 1.807) is 24.3 Å². The van der Waals surface area contributed by atoms with Gasteiger partial charge in [0.2, 0.25) is 5.91 Å². The molecule has 156 valence electrons. The van der Waals surface area contributed by atoms with Crippen LogP contribution in [0.15, 0.2) is 42.5 Å². The molecule has 1 aliphatic heterocycles. The highest BCUT2D eigenvalue weighted by Gasteiger charge is 2.39. The number of carbonyl (C=O) groups is 3. The molecule has 0 spiro atoms. The number of primary amides is 1. The van der Waals surface area contributed by atoms with Crippen molar-refractivity contribution in [3.8, 4) is 0 Å². The molecule has 1 aliphatic rings. The first-order valence-electron chi connectivity index (χ1n) is 9.04. The van der Waals surface area contributed by atoms with Gasteiger partial charge in [-0.2, -0.15) is 0 Å². The molecule has 0 unspecified atom stereocenters. The van der Waals surface area contributed by atoms with E-state index in [4.69, 9.17) is 10.5 Å². The molecule has 0 saturated heterocycles. The van der Waals surface area contributed by atoms with Crippen LogP contribution in [0.5, 0.6) is 0 Å². The van der Waals surface area contributed by atoms with Crippen LogP contribution in [0.25, 0.3) is 0 Å². The minimum absolute atomic E-state index is 0.00399. The molecule has 3 rings (SSSR count). The molecule has 10 heteroatoms. The van der Waals surface area contributed by atoms with Gasteiger partial charge in [-0.1, -0.05) is 30.3 Å². The predicted molar refractivity (Wildman–Crippen MR) is 101 cm³/mol. The van der Waals surface area contributed by atoms with E-state index in [0.29, 0.717) is 0 Å². The molecular weight excluding hydrogens is 397 g/mol. The van der Waals surface area contributed by atoms with Crippen molar-refractivity contribution < 1.29 is 28.4 Å². The number of hydrogen-bond donors (Lipinski definition) is 1. The number of nitro groups is 1. The average molecular weight is 415 g/mol. The van der Waals surface area contributed by atoms with Crippen molar-refractivity contribution in [2.45, 2.75) is 32.0 Å². The second-order valence-electron chi connectivity index (χ2n) is 6.74. The Labute approximate surface area is 170 Å². The number of halogens is 1. The molecule has 0 aromatic heterocycles. The quantitative estimate of drug-likeness (QED) is 0.399. The number of fused-ring (bicyclic) bond motifs is 1. The summed E-state index contributed by atoms with van der Waals surface area (Å²) in [6.07, 6.45) is -0.323.